The second kappa shape index (κ2) is 8.37. The van der Waals surface area contributed by atoms with Gasteiger partial charge in [0.1, 0.15) is 10.1 Å². The fourth-order valence-corrected chi connectivity index (χ4v) is 3.49. The molecule has 2 N–H and O–H groups in total. The molecule has 2 amide bonds. The van der Waals surface area contributed by atoms with Crippen molar-refractivity contribution in [3.8, 4) is 5.75 Å². The van der Waals surface area contributed by atoms with Gasteiger partial charge in [-0.25, -0.2) is 0 Å². The average Bonchev–Trinajstić information content (AvgIpc) is 2.94. The monoisotopic (exact) mass is 398 g/mol. The highest BCUT2D eigenvalue weighted by molar-refractivity contribution is 8.26. The third kappa shape index (κ3) is 4.96. The molecule has 0 aromatic heterocycles. The van der Waals surface area contributed by atoms with Crippen LogP contribution in [-0.4, -0.2) is 22.7 Å². The van der Waals surface area contributed by atoms with Crippen LogP contribution in [-0.2, 0) is 9.59 Å². The molecule has 0 radical (unpaired) electrons. The van der Waals surface area contributed by atoms with Gasteiger partial charge in [-0.15, -0.1) is 0 Å². The van der Waals surface area contributed by atoms with Gasteiger partial charge in [-0.3, -0.25) is 9.59 Å². The maximum absolute atomic E-state index is 12.2. The number of carbonyl (C=O) groups excluding carboxylic acids is 2. The molecule has 0 spiro atoms. The van der Waals surface area contributed by atoms with Gasteiger partial charge in [-0.1, -0.05) is 48.2 Å². The SMILES string of the molecule is Cc1ccc(NC(=O)COc2ccccc2C=C2SC(=S)NC2=O)cc1C. The fourth-order valence-electron chi connectivity index (χ4n) is 2.45. The third-order valence-electron chi connectivity index (χ3n) is 4.00. The summed E-state index contributed by atoms with van der Waals surface area (Å²) in [7, 11) is 0. The van der Waals surface area contributed by atoms with Crippen molar-refractivity contribution in [3.63, 3.8) is 0 Å². The summed E-state index contributed by atoms with van der Waals surface area (Å²) in [4.78, 5) is 24.5. The lowest BCUT2D eigenvalue weighted by molar-refractivity contribution is -0.118. The molecular weight excluding hydrogens is 380 g/mol. The number of ether oxygens (including phenoxy) is 1. The molecule has 0 aliphatic carbocycles. The van der Waals surface area contributed by atoms with E-state index in [0.717, 1.165) is 11.3 Å². The third-order valence-corrected chi connectivity index (χ3v) is 5.16. The zero-order valence-corrected chi connectivity index (χ0v) is 16.5. The van der Waals surface area contributed by atoms with E-state index in [-0.39, 0.29) is 18.4 Å². The molecule has 0 saturated carbocycles. The molecule has 2 aromatic rings. The Hall–Kier alpha value is -2.64. The Bertz CT molecular complexity index is 954. The lowest BCUT2D eigenvalue weighted by Gasteiger charge is -2.11. The Morgan fingerprint density at radius 1 is 1.22 bits per heavy atom. The standard InChI is InChI=1S/C20H18N2O3S2/c1-12-7-8-15(9-13(12)2)21-18(23)11-25-16-6-4-3-5-14(16)10-17-19(24)22-20(26)27-17/h3-10H,11H2,1-2H3,(H,21,23)(H,22,24,26). The minimum Gasteiger partial charge on any atom is -0.483 e. The minimum absolute atomic E-state index is 0.134. The quantitative estimate of drug-likeness (QED) is 0.592. The maximum Gasteiger partial charge on any atom is 0.263 e. The normalized spacial score (nSPS) is 15.0. The molecule has 1 aliphatic rings. The summed E-state index contributed by atoms with van der Waals surface area (Å²) in [6, 6.07) is 13.0. The van der Waals surface area contributed by atoms with Crippen molar-refractivity contribution in [2.45, 2.75) is 13.8 Å². The Morgan fingerprint density at radius 3 is 2.70 bits per heavy atom. The van der Waals surface area contributed by atoms with Gasteiger partial charge in [0.05, 0.1) is 4.91 Å². The number of hydrogen-bond acceptors (Lipinski definition) is 5. The largest absolute Gasteiger partial charge is 0.483 e. The van der Waals surface area contributed by atoms with Crippen molar-refractivity contribution in [3.05, 3.63) is 64.1 Å². The van der Waals surface area contributed by atoms with E-state index in [2.05, 4.69) is 10.6 Å². The van der Waals surface area contributed by atoms with Crippen molar-refractivity contribution in [2.24, 2.45) is 0 Å². The number of benzene rings is 2. The van der Waals surface area contributed by atoms with Crippen molar-refractivity contribution >= 4 is 51.9 Å². The molecule has 1 saturated heterocycles. The van der Waals surface area contributed by atoms with E-state index in [1.54, 1.807) is 12.1 Å². The summed E-state index contributed by atoms with van der Waals surface area (Å²) >= 11 is 6.20. The summed E-state index contributed by atoms with van der Waals surface area (Å²) in [5.41, 5.74) is 3.71. The molecule has 27 heavy (non-hydrogen) atoms. The number of nitrogens with one attached hydrogen (secondary N) is 2. The molecule has 1 aliphatic heterocycles. The van der Waals surface area contributed by atoms with Gasteiger partial charge in [-0.2, -0.15) is 0 Å². The molecule has 1 fully saturated rings. The molecule has 0 unspecified atom stereocenters. The van der Waals surface area contributed by atoms with E-state index < -0.39 is 0 Å². The summed E-state index contributed by atoms with van der Waals surface area (Å²) in [6.07, 6.45) is 1.70. The van der Waals surface area contributed by atoms with Gasteiger partial charge in [0.25, 0.3) is 11.8 Å². The number of rotatable bonds is 5. The van der Waals surface area contributed by atoms with Gasteiger partial charge in [0.15, 0.2) is 6.61 Å². The summed E-state index contributed by atoms with van der Waals surface area (Å²) in [5, 5.41) is 5.40. The first-order valence-electron chi connectivity index (χ1n) is 8.26. The summed E-state index contributed by atoms with van der Waals surface area (Å²) in [5.74, 6) is 0.0358. The number of anilines is 1. The van der Waals surface area contributed by atoms with Crippen molar-refractivity contribution in [2.75, 3.05) is 11.9 Å². The number of carbonyl (C=O) groups is 2. The molecule has 0 bridgehead atoms. The van der Waals surface area contributed by atoms with Crippen LogP contribution in [0.5, 0.6) is 5.75 Å². The van der Waals surface area contributed by atoms with Gasteiger partial charge in [0.2, 0.25) is 0 Å². The second-order valence-electron chi connectivity index (χ2n) is 6.03. The van der Waals surface area contributed by atoms with Crippen LogP contribution in [0.15, 0.2) is 47.4 Å². The number of thioether (sulfide) groups is 1. The Balaban J connectivity index is 1.67. The Labute approximate surface area is 167 Å². The number of aryl methyl sites for hydroxylation is 2. The molecule has 1 heterocycles. The smallest absolute Gasteiger partial charge is 0.263 e. The van der Waals surface area contributed by atoms with Crippen LogP contribution in [0, 0.1) is 13.8 Å². The molecule has 5 nitrogen and oxygen atoms in total. The van der Waals surface area contributed by atoms with Gasteiger partial charge in [0, 0.05) is 11.3 Å². The molecule has 0 atom stereocenters. The van der Waals surface area contributed by atoms with Crippen LogP contribution in [0.25, 0.3) is 6.08 Å². The number of hydrogen-bond donors (Lipinski definition) is 2. The number of amides is 2. The molecule has 3 rings (SSSR count). The number of para-hydroxylation sites is 1. The zero-order valence-electron chi connectivity index (χ0n) is 14.9. The van der Waals surface area contributed by atoms with E-state index in [4.69, 9.17) is 17.0 Å². The summed E-state index contributed by atoms with van der Waals surface area (Å²) < 4.78 is 6.10. The molecule has 138 valence electrons. The first-order chi connectivity index (χ1) is 12.9. The maximum atomic E-state index is 12.2. The first kappa shape index (κ1) is 19.1. The van der Waals surface area contributed by atoms with Crippen molar-refractivity contribution in [1.82, 2.24) is 5.32 Å². The van der Waals surface area contributed by atoms with Gasteiger partial charge in [-0.05, 0) is 49.2 Å². The highest BCUT2D eigenvalue weighted by Gasteiger charge is 2.22. The lowest BCUT2D eigenvalue weighted by Crippen LogP contribution is -2.20. The zero-order chi connectivity index (χ0) is 19.4. The van der Waals surface area contributed by atoms with Gasteiger partial charge >= 0.3 is 0 Å². The van der Waals surface area contributed by atoms with Crippen molar-refractivity contribution < 1.29 is 14.3 Å². The van der Waals surface area contributed by atoms with Crippen LogP contribution < -0.4 is 15.4 Å². The predicted molar refractivity (Wildman–Crippen MR) is 113 cm³/mol. The minimum atomic E-state index is -0.255. The van der Waals surface area contributed by atoms with Crippen LogP contribution in [0.3, 0.4) is 0 Å². The van der Waals surface area contributed by atoms with E-state index in [1.807, 2.05) is 50.2 Å². The van der Waals surface area contributed by atoms with E-state index >= 15 is 0 Å². The van der Waals surface area contributed by atoms with Gasteiger partial charge < -0.3 is 15.4 Å². The predicted octanol–water partition coefficient (Wildman–Crippen LogP) is 3.81. The van der Waals surface area contributed by atoms with Crippen molar-refractivity contribution in [1.29, 1.82) is 0 Å². The highest BCUT2D eigenvalue weighted by Crippen LogP contribution is 2.29. The van der Waals surface area contributed by atoms with Crippen LogP contribution in [0.1, 0.15) is 16.7 Å². The molecule has 7 heteroatoms. The van der Waals surface area contributed by atoms with E-state index in [1.165, 1.54) is 17.3 Å². The second-order valence-corrected chi connectivity index (χ2v) is 7.74. The Kier molecular flexibility index (Phi) is 5.93. The average molecular weight is 399 g/mol. The number of thiocarbonyl (C=S) groups is 1. The fraction of sp³-hybridized carbons (Fsp3) is 0.150. The lowest BCUT2D eigenvalue weighted by atomic mass is 10.1. The topological polar surface area (TPSA) is 67.4 Å². The van der Waals surface area contributed by atoms with Crippen LogP contribution in [0.2, 0.25) is 0 Å². The first-order valence-corrected chi connectivity index (χ1v) is 9.48. The Morgan fingerprint density at radius 2 is 2.00 bits per heavy atom. The van der Waals surface area contributed by atoms with E-state index in [0.29, 0.717) is 20.5 Å². The van der Waals surface area contributed by atoms with Crippen LogP contribution >= 0.6 is 24.0 Å². The van der Waals surface area contributed by atoms with Crippen LogP contribution in [0.4, 0.5) is 5.69 Å². The molecular formula is C20H18N2O3S2. The van der Waals surface area contributed by atoms with E-state index in [9.17, 15) is 9.59 Å². The molecule has 2 aromatic carbocycles. The highest BCUT2D eigenvalue weighted by atomic mass is 32.2. The summed E-state index contributed by atoms with van der Waals surface area (Å²) in [6.45, 7) is 3.88.